The SMILES string of the molecule is O=C(CCl)Nc1cccc2c1CC(=O)N2. The fraction of sp³-hybridized carbons (Fsp3) is 0.200. The Morgan fingerprint density at radius 3 is 3.07 bits per heavy atom. The van der Waals surface area contributed by atoms with Gasteiger partial charge in [-0.25, -0.2) is 0 Å². The van der Waals surface area contributed by atoms with Crippen LogP contribution in [0.3, 0.4) is 0 Å². The van der Waals surface area contributed by atoms with Crippen LogP contribution < -0.4 is 10.6 Å². The summed E-state index contributed by atoms with van der Waals surface area (Å²) in [7, 11) is 0. The Kier molecular flexibility index (Phi) is 2.60. The minimum atomic E-state index is -0.274. The molecule has 15 heavy (non-hydrogen) atoms. The Hall–Kier alpha value is -1.55. The Balaban J connectivity index is 2.30. The lowest BCUT2D eigenvalue weighted by Gasteiger charge is -2.07. The lowest BCUT2D eigenvalue weighted by Crippen LogP contribution is -2.13. The zero-order chi connectivity index (χ0) is 10.8. The van der Waals surface area contributed by atoms with E-state index in [0.717, 1.165) is 11.3 Å². The van der Waals surface area contributed by atoms with E-state index < -0.39 is 0 Å². The molecule has 0 atom stereocenters. The number of rotatable bonds is 2. The van der Waals surface area contributed by atoms with Crippen LogP contribution in [0.5, 0.6) is 0 Å². The van der Waals surface area contributed by atoms with Crippen molar-refractivity contribution >= 4 is 34.8 Å². The van der Waals surface area contributed by atoms with Gasteiger partial charge < -0.3 is 10.6 Å². The second-order valence-electron chi connectivity index (χ2n) is 3.24. The highest BCUT2D eigenvalue weighted by Crippen LogP contribution is 2.29. The highest BCUT2D eigenvalue weighted by molar-refractivity contribution is 6.29. The average Bonchev–Trinajstić information content (AvgIpc) is 2.59. The van der Waals surface area contributed by atoms with Crippen molar-refractivity contribution in [2.24, 2.45) is 0 Å². The highest BCUT2D eigenvalue weighted by Gasteiger charge is 2.20. The van der Waals surface area contributed by atoms with Gasteiger partial charge >= 0.3 is 0 Å². The first kappa shape index (κ1) is 9.98. The summed E-state index contributed by atoms with van der Waals surface area (Å²) >= 11 is 5.39. The van der Waals surface area contributed by atoms with E-state index in [4.69, 9.17) is 11.6 Å². The van der Waals surface area contributed by atoms with Crippen molar-refractivity contribution in [3.05, 3.63) is 23.8 Å². The minimum Gasteiger partial charge on any atom is -0.325 e. The number of alkyl halides is 1. The second-order valence-corrected chi connectivity index (χ2v) is 3.51. The van der Waals surface area contributed by atoms with E-state index in [9.17, 15) is 9.59 Å². The summed E-state index contributed by atoms with van der Waals surface area (Å²) in [6, 6.07) is 5.33. The molecule has 2 amide bonds. The number of halogens is 1. The number of amides is 2. The van der Waals surface area contributed by atoms with E-state index in [1.54, 1.807) is 18.2 Å². The van der Waals surface area contributed by atoms with Crippen LogP contribution in [0.25, 0.3) is 0 Å². The third-order valence-corrected chi connectivity index (χ3v) is 2.43. The third-order valence-electron chi connectivity index (χ3n) is 2.18. The Morgan fingerprint density at radius 1 is 1.53 bits per heavy atom. The van der Waals surface area contributed by atoms with Gasteiger partial charge in [-0.2, -0.15) is 0 Å². The largest absolute Gasteiger partial charge is 0.325 e. The predicted octanol–water partition coefficient (Wildman–Crippen LogP) is 1.36. The molecule has 0 radical (unpaired) electrons. The van der Waals surface area contributed by atoms with Crippen molar-refractivity contribution in [2.45, 2.75) is 6.42 Å². The molecule has 78 valence electrons. The van der Waals surface area contributed by atoms with Crippen LogP contribution in [0.2, 0.25) is 0 Å². The van der Waals surface area contributed by atoms with E-state index in [0.29, 0.717) is 12.1 Å². The Bertz CT molecular complexity index is 431. The first-order valence-electron chi connectivity index (χ1n) is 4.48. The van der Waals surface area contributed by atoms with Crippen LogP contribution in [-0.2, 0) is 16.0 Å². The molecule has 0 fully saturated rings. The van der Waals surface area contributed by atoms with Gasteiger partial charge in [0, 0.05) is 16.9 Å². The molecule has 1 aromatic carbocycles. The van der Waals surface area contributed by atoms with Gasteiger partial charge in [-0.15, -0.1) is 11.6 Å². The van der Waals surface area contributed by atoms with E-state index in [1.165, 1.54) is 0 Å². The lowest BCUT2D eigenvalue weighted by atomic mass is 10.1. The quantitative estimate of drug-likeness (QED) is 0.746. The van der Waals surface area contributed by atoms with Gasteiger partial charge in [0.05, 0.1) is 6.42 Å². The summed E-state index contributed by atoms with van der Waals surface area (Å²) in [5.74, 6) is -0.424. The summed E-state index contributed by atoms with van der Waals surface area (Å²) in [6.07, 6.45) is 0.300. The van der Waals surface area contributed by atoms with Gasteiger partial charge in [0.1, 0.15) is 5.88 Å². The molecule has 1 heterocycles. The Labute approximate surface area is 91.6 Å². The molecule has 0 saturated carbocycles. The van der Waals surface area contributed by atoms with Crippen molar-refractivity contribution in [3.8, 4) is 0 Å². The molecular weight excluding hydrogens is 216 g/mol. The standard InChI is InChI=1S/C10H9ClN2O2/c11-5-10(15)13-8-3-1-2-7-6(8)4-9(14)12-7/h1-3H,4-5H2,(H,12,14)(H,13,15). The summed E-state index contributed by atoms with van der Waals surface area (Å²) in [5, 5.41) is 5.36. The van der Waals surface area contributed by atoms with Crippen molar-refractivity contribution in [2.75, 3.05) is 16.5 Å². The molecule has 2 N–H and O–H groups in total. The van der Waals surface area contributed by atoms with Crippen LogP contribution in [-0.4, -0.2) is 17.7 Å². The first-order valence-corrected chi connectivity index (χ1v) is 5.01. The van der Waals surface area contributed by atoms with Gasteiger partial charge in [-0.3, -0.25) is 9.59 Å². The number of carbonyl (C=O) groups excluding carboxylic acids is 2. The van der Waals surface area contributed by atoms with Crippen LogP contribution in [0.1, 0.15) is 5.56 Å². The maximum atomic E-state index is 11.2. The number of hydrogen-bond acceptors (Lipinski definition) is 2. The molecule has 0 aliphatic carbocycles. The van der Waals surface area contributed by atoms with Crippen molar-refractivity contribution in [3.63, 3.8) is 0 Å². The summed E-state index contributed by atoms with van der Waals surface area (Å²) in [5.41, 5.74) is 2.23. The van der Waals surface area contributed by atoms with Crippen LogP contribution in [0.15, 0.2) is 18.2 Å². The van der Waals surface area contributed by atoms with Crippen molar-refractivity contribution in [1.29, 1.82) is 0 Å². The van der Waals surface area contributed by atoms with Gasteiger partial charge in [-0.1, -0.05) is 6.07 Å². The molecule has 1 aromatic rings. The summed E-state index contributed by atoms with van der Waals surface area (Å²) in [6.45, 7) is 0. The fourth-order valence-electron chi connectivity index (χ4n) is 1.55. The molecule has 5 heteroatoms. The number of anilines is 2. The zero-order valence-electron chi connectivity index (χ0n) is 7.84. The molecule has 0 saturated heterocycles. The molecule has 0 aromatic heterocycles. The van der Waals surface area contributed by atoms with E-state index in [2.05, 4.69) is 10.6 Å². The van der Waals surface area contributed by atoms with Gasteiger partial charge in [-0.05, 0) is 12.1 Å². The van der Waals surface area contributed by atoms with Crippen LogP contribution in [0.4, 0.5) is 11.4 Å². The van der Waals surface area contributed by atoms with E-state index in [-0.39, 0.29) is 17.7 Å². The normalized spacial score (nSPS) is 13.3. The first-order chi connectivity index (χ1) is 7.20. The van der Waals surface area contributed by atoms with Gasteiger partial charge in [0.2, 0.25) is 11.8 Å². The number of carbonyl (C=O) groups is 2. The Morgan fingerprint density at radius 2 is 2.33 bits per heavy atom. The number of hydrogen-bond donors (Lipinski definition) is 2. The zero-order valence-corrected chi connectivity index (χ0v) is 8.60. The average molecular weight is 225 g/mol. The highest BCUT2D eigenvalue weighted by atomic mass is 35.5. The molecule has 0 bridgehead atoms. The topological polar surface area (TPSA) is 58.2 Å². The molecule has 0 unspecified atom stereocenters. The minimum absolute atomic E-state index is 0.0578. The summed E-state index contributed by atoms with van der Waals surface area (Å²) in [4.78, 5) is 22.3. The second kappa shape index (κ2) is 3.90. The smallest absolute Gasteiger partial charge is 0.239 e. The molecular formula is C10H9ClN2O2. The molecule has 0 spiro atoms. The fourth-order valence-corrected chi connectivity index (χ4v) is 1.62. The van der Waals surface area contributed by atoms with E-state index >= 15 is 0 Å². The predicted molar refractivity (Wildman–Crippen MR) is 58.1 cm³/mol. The number of benzene rings is 1. The molecule has 1 aliphatic heterocycles. The molecule has 1 aliphatic rings. The van der Waals surface area contributed by atoms with Gasteiger partial charge in [0.25, 0.3) is 0 Å². The lowest BCUT2D eigenvalue weighted by molar-refractivity contribution is -0.115. The summed E-state index contributed by atoms with van der Waals surface area (Å²) < 4.78 is 0. The molecule has 2 rings (SSSR count). The maximum Gasteiger partial charge on any atom is 0.239 e. The molecule has 4 nitrogen and oxygen atoms in total. The van der Waals surface area contributed by atoms with Crippen LogP contribution >= 0.6 is 11.6 Å². The van der Waals surface area contributed by atoms with Crippen molar-refractivity contribution < 1.29 is 9.59 Å². The number of nitrogens with one attached hydrogen (secondary N) is 2. The number of fused-ring (bicyclic) bond motifs is 1. The van der Waals surface area contributed by atoms with Crippen molar-refractivity contribution in [1.82, 2.24) is 0 Å². The van der Waals surface area contributed by atoms with E-state index in [1.807, 2.05) is 0 Å². The third kappa shape index (κ3) is 1.94. The van der Waals surface area contributed by atoms with Gasteiger partial charge in [0.15, 0.2) is 0 Å². The monoisotopic (exact) mass is 224 g/mol. The van der Waals surface area contributed by atoms with Crippen LogP contribution in [0, 0.1) is 0 Å². The maximum absolute atomic E-state index is 11.2.